The number of benzene rings is 1. The smallest absolute Gasteiger partial charge is 0.306 e. The molecule has 2 N–H and O–H groups in total. The summed E-state index contributed by atoms with van der Waals surface area (Å²) in [6.45, 7) is 4.22. The lowest BCUT2D eigenvalue weighted by Gasteiger charge is -2.35. The largest absolute Gasteiger partial charge is 0.481 e. The molecule has 0 saturated carbocycles. The molecular weight excluding hydrogens is 273 g/mol. The minimum absolute atomic E-state index is 0.121. The Morgan fingerprint density at radius 1 is 1.52 bits per heavy atom. The van der Waals surface area contributed by atoms with E-state index in [0.717, 1.165) is 22.3 Å². The van der Waals surface area contributed by atoms with Crippen LogP contribution in [-0.4, -0.2) is 22.7 Å². The summed E-state index contributed by atoms with van der Waals surface area (Å²) in [5.41, 5.74) is 2.38. The summed E-state index contributed by atoms with van der Waals surface area (Å²) < 4.78 is 20.1. The highest BCUT2D eigenvalue weighted by molar-refractivity contribution is 5.88. The number of aryl methyl sites for hydroxylation is 1. The number of hydrogen-bond donors (Lipinski definition) is 2. The van der Waals surface area contributed by atoms with Crippen molar-refractivity contribution in [2.24, 2.45) is 0 Å². The summed E-state index contributed by atoms with van der Waals surface area (Å²) in [5.74, 6) is -1.18. The summed E-state index contributed by atoms with van der Waals surface area (Å²) in [4.78, 5) is 14.5. The Bertz CT molecular complexity index is 722. The van der Waals surface area contributed by atoms with E-state index in [9.17, 15) is 14.3 Å². The number of aliphatic carboxylic acids is 1. The van der Waals surface area contributed by atoms with E-state index in [-0.39, 0.29) is 12.2 Å². The fourth-order valence-electron chi connectivity index (χ4n) is 3.31. The van der Waals surface area contributed by atoms with Crippen LogP contribution in [0, 0.1) is 12.7 Å². The number of carbonyl (C=O) groups is 1. The molecule has 112 valence electrons. The second-order valence-electron chi connectivity index (χ2n) is 5.61. The standard InChI is InChI=1S/C16H18FNO3/c1-3-16(8-12(19)20)15-10(6-7-21-16)13-11(17)5-4-9(2)14(13)18-15/h4-5,18H,3,6-8H2,1-2H3,(H,19,20). The van der Waals surface area contributed by atoms with Crippen molar-refractivity contribution in [1.29, 1.82) is 0 Å². The van der Waals surface area contributed by atoms with Gasteiger partial charge in [-0.2, -0.15) is 0 Å². The number of ether oxygens (including phenoxy) is 1. The van der Waals surface area contributed by atoms with Gasteiger partial charge in [0.05, 0.1) is 24.2 Å². The quantitative estimate of drug-likeness (QED) is 0.912. The lowest BCUT2D eigenvalue weighted by atomic mass is 9.86. The average molecular weight is 291 g/mol. The molecule has 1 aliphatic rings. The Labute approximate surface area is 121 Å². The molecule has 21 heavy (non-hydrogen) atoms. The van der Waals surface area contributed by atoms with Crippen LogP contribution in [0.3, 0.4) is 0 Å². The lowest BCUT2D eigenvalue weighted by molar-refractivity contribution is -0.148. The molecule has 0 amide bonds. The first-order valence-electron chi connectivity index (χ1n) is 7.14. The van der Waals surface area contributed by atoms with E-state index in [0.29, 0.717) is 24.8 Å². The minimum atomic E-state index is -0.916. The van der Waals surface area contributed by atoms with Gasteiger partial charge in [-0.1, -0.05) is 13.0 Å². The number of rotatable bonds is 3. The van der Waals surface area contributed by atoms with Crippen molar-refractivity contribution in [1.82, 2.24) is 4.98 Å². The normalized spacial score (nSPS) is 21.5. The van der Waals surface area contributed by atoms with Gasteiger partial charge in [-0.25, -0.2) is 4.39 Å². The van der Waals surface area contributed by atoms with E-state index in [1.54, 1.807) is 6.07 Å². The number of fused-ring (bicyclic) bond motifs is 3. The lowest BCUT2D eigenvalue weighted by Crippen LogP contribution is -2.37. The molecule has 0 bridgehead atoms. The zero-order valence-corrected chi connectivity index (χ0v) is 12.1. The van der Waals surface area contributed by atoms with E-state index in [2.05, 4.69) is 4.98 Å². The third-order valence-corrected chi connectivity index (χ3v) is 4.41. The molecule has 1 unspecified atom stereocenters. The molecule has 2 aromatic rings. The molecule has 0 spiro atoms. The summed E-state index contributed by atoms with van der Waals surface area (Å²) >= 11 is 0. The second-order valence-corrected chi connectivity index (χ2v) is 5.61. The van der Waals surface area contributed by atoms with Crippen molar-refractivity contribution < 1.29 is 19.0 Å². The Morgan fingerprint density at radius 3 is 2.95 bits per heavy atom. The van der Waals surface area contributed by atoms with Gasteiger partial charge in [0.25, 0.3) is 0 Å². The van der Waals surface area contributed by atoms with E-state index in [1.165, 1.54) is 6.07 Å². The third kappa shape index (κ3) is 2.03. The first kappa shape index (κ1) is 14.1. The molecule has 0 fully saturated rings. The molecule has 2 heterocycles. The number of aromatic nitrogens is 1. The zero-order valence-electron chi connectivity index (χ0n) is 12.1. The zero-order chi connectivity index (χ0) is 15.2. The molecule has 1 aromatic carbocycles. The van der Waals surface area contributed by atoms with Crippen LogP contribution in [0.15, 0.2) is 12.1 Å². The number of H-pyrrole nitrogens is 1. The number of halogens is 1. The Balaban J connectivity index is 2.29. The van der Waals surface area contributed by atoms with Gasteiger partial charge >= 0.3 is 5.97 Å². The highest BCUT2D eigenvalue weighted by Crippen LogP contribution is 2.42. The van der Waals surface area contributed by atoms with Crippen molar-refractivity contribution in [2.75, 3.05) is 6.61 Å². The molecular formula is C16H18FNO3. The van der Waals surface area contributed by atoms with Gasteiger partial charge in [0.15, 0.2) is 0 Å². The maximum absolute atomic E-state index is 14.2. The molecule has 1 atom stereocenters. The van der Waals surface area contributed by atoms with E-state index < -0.39 is 11.6 Å². The van der Waals surface area contributed by atoms with E-state index >= 15 is 0 Å². The van der Waals surface area contributed by atoms with Gasteiger partial charge in [-0.05, 0) is 37.0 Å². The molecule has 1 aliphatic heterocycles. The molecule has 0 aliphatic carbocycles. The van der Waals surface area contributed by atoms with Crippen LogP contribution >= 0.6 is 0 Å². The van der Waals surface area contributed by atoms with E-state index in [1.807, 2.05) is 13.8 Å². The second kappa shape index (κ2) is 4.84. The Hall–Kier alpha value is -1.88. The van der Waals surface area contributed by atoms with Crippen LogP contribution in [0.25, 0.3) is 10.9 Å². The summed E-state index contributed by atoms with van der Waals surface area (Å²) in [6, 6.07) is 3.19. The van der Waals surface area contributed by atoms with Crippen LogP contribution in [0.4, 0.5) is 4.39 Å². The summed E-state index contributed by atoms with van der Waals surface area (Å²) in [7, 11) is 0. The number of hydrogen-bond acceptors (Lipinski definition) is 2. The van der Waals surface area contributed by atoms with Crippen LogP contribution in [0.1, 0.15) is 36.6 Å². The first-order valence-corrected chi connectivity index (χ1v) is 7.14. The van der Waals surface area contributed by atoms with Gasteiger partial charge in [-0.15, -0.1) is 0 Å². The van der Waals surface area contributed by atoms with Crippen LogP contribution in [0.2, 0.25) is 0 Å². The maximum atomic E-state index is 14.2. The highest BCUT2D eigenvalue weighted by atomic mass is 19.1. The maximum Gasteiger partial charge on any atom is 0.306 e. The fraction of sp³-hybridized carbons (Fsp3) is 0.438. The molecule has 4 nitrogen and oxygen atoms in total. The van der Waals surface area contributed by atoms with Crippen molar-refractivity contribution >= 4 is 16.9 Å². The first-order chi connectivity index (χ1) is 9.98. The molecule has 0 saturated heterocycles. The van der Waals surface area contributed by atoms with Crippen molar-refractivity contribution in [3.05, 3.63) is 34.8 Å². The van der Waals surface area contributed by atoms with Gasteiger partial charge in [0.2, 0.25) is 0 Å². The predicted molar refractivity (Wildman–Crippen MR) is 76.9 cm³/mol. The van der Waals surface area contributed by atoms with Crippen LogP contribution in [-0.2, 0) is 21.6 Å². The summed E-state index contributed by atoms with van der Waals surface area (Å²) in [6.07, 6.45) is 1.00. The van der Waals surface area contributed by atoms with Crippen molar-refractivity contribution in [2.45, 2.75) is 38.7 Å². The third-order valence-electron chi connectivity index (χ3n) is 4.41. The Kier molecular flexibility index (Phi) is 3.24. The van der Waals surface area contributed by atoms with Crippen LogP contribution in [0.5, 0.6) is 0 Å². The summed E-state index contributed by atoms with van der Waals surface area (Å²) in [5, 5.41) is 9.78. The van der Waals surface area contributed by atoms with Crippen molar-refractivity contribution in [3.8, 4) is 0 Å². The van der Waals surface area contributed by atoms with E-state index in [4.69, 9.17) is 4.74 Å². The van der Waals surface area contributed by atoms with Gasteiger partial charge in [0, 0.05) is 5.39 Å². The number of nitrogens with one attached hydrogen (secondary N) is 1. The van der Waals surface area contributed by atoms with Gasteiger partial charge in [0.1, 0.15) is 11.4 Å². The fourth-order valence-corrected chi connectivity index (χ4v) is 3.31. The van der Waals surface area contributed by atoms with Crippen molar-refractivity contribution in [3.63, 3.8) is 0 Å². The average Bonchev–Trinajstić information content (AvgIpc) is 2.84. The number of carboxylic acid groups (broad SMARTS) is 1. The number of carboxylic acids is 1. The van der Waals surface area contributed by atoms with Gasteiger partial charge < -0.3 is 14.8 Å². The predicted octanol–water partition coefficient (Wildman–Crippen LogP) is 3.27. The minimum Gasteiger partial charge on any atom is -0.481 e. The number of aromatic amines is 1. The molecule has 0 radical (unpaired) electrons. The monoisotopic (exact) mass is 291 g/mol. The molecule has 1 aromatic heterocycles. The molecule has 3 rings (SSSR count). The highest BCUT2D eigenvalue weighted by Gasteiger charge is 2.41. The molecule has 5 heteroatoms. The Morgan fingerprint density at radius 2 is 2.29 bits per heavy atom. The van der Waals surface area contributed by atoms with Crippen LogP contribution < -0.4 is 0 Å². The van der Waals surface area contributed by atoms with Gasteiger partial charge in [-0.3, -0.25) is 4.79 Å². The SMILES string of the molecule is CCC1(CC(=O)O)OCCc2c1[nH]c1c(C)ccc(F)c21. The topological polar surface area (TPSA) is 62.3 Å².